The zero-order chi connectivity index (χ0) is 23.2. The highest BCUT2D eigenvalue weighted by atomic mass is 19.1. The summed E-state index contributed by atoms with van der Waals surface area (Å²) >= 11 is 0. The number of methoxy groups -OCH3 is 1. The lowest BCUT2D eigenvalue weighted by Gasteiger charge is -2.53. The van der Waals surface area contributed by atoms with Crippen LogP contribution in [0, 0.1) is 11.6 Å². The van der Waals surface area contributed by atoms with Crippen molar-refractivity contribution in [2.24, 2.45) is 0 Å². The molecule has 2 amide bonds. The maximum Gasteiger partial charge on any atom is 0.274 e. The average Bonchev–Trinajstić information content (AvgIpc) is 2.74. The molecule has 2 aromatic rings. The van der Waals surface area contributed by atoms with Crippen LogP contribution in [0.5, 0.6) is 5.75 Å². The summed E-state index contributed by atoms with van der Waals surface area (Å²) < 4.78 is 33.8. The molecule has 10 heteroatoms. The van der Waals surface area contributed by atoms with E-state index in [1.54, 1.807) is 18.9 Å². The molecule has 0 saturated heterocycles. The summed E-state index contributed by atoms with van der Waals surface area (Å²) in [5.74, 6) is -3.71. The molecule has 1 spiro atoms. The third kappa shape index (κ3) is 3.44. The predicted molar refractivity (Wildman–Crippen MR) is 109 cm³/mol. The van der Waals surface area contributed by atoms with Gasteiger partial charge in [0, 0.05) is 44.6 Å². The number of hydrogen-bond donors (Lipinski definition) is 2. The van der Waals surface area contributed by atoms with Gasteiger partial charge in [0.25, 0.3) is 11.8 Å². The number of benzene rings is 1. The smallest absolute Gasteiger partial charge is 0.274 e. The molecule has 1 aromatic carbocycles. The summed E-state index contributed by atoms with van der Waals surface area (Å²) in [4.78, 5) is 39.9. The first-order valence-electron chi connectivity index (χ1n) is 10.2. The van der Waals surface area contributed by atoms with Gasteiger partial charge in [-0.1, -0.05) is 6.07 Å². The molecule has 0 bridgehead atoms. The number of halogens is 2. The predicted octanol–water partition coefficient (Wildman–Crippen LogP) is 1.74. The molecule has 1 aromatic heterocycles. The Morgan fingerprint density at radius 3 is 2.66 bits per heavy atom. The highest BCUT2D eigenvalue weighted by molar-refractivity contribution is 5.99. The summed E-state index contributed by atoms with van der Waals surface area (Å²) in [5.41, 5.74) is -2.08. The minimum atomic E-state index is -0.989. The van der Waals surface area contributed by atoms with Crippen LogP contribution < -0.4 is 10.7 Å². The Morgan fingerprint density at radius 1 is 1.31 bits per heavy atom. The van der Waals surface area contributed by atoms with Crippen LogP contribution >= 0.6 is 0 Å². The fourth-order valence-electron chi connectivity index (χ4n) is 4.47. The van der Waals surface area contributed by atoms with Gasteiger partial charge in [-0.15, -0.1) is 0 Å². The van der Waals surface area contributed by atoms with Gasteiger partial charge in [-0.05, 0) is 25.8 Å². The third-order valence-electron chi connectivity index (χ3n) is 6.30. The number of pyridine rings is 1. The quantitative estimate of drug-likeness (QED) is 0.727. The molecule has 2 heterocycles. The van der Waals surface area contributed by atoms with Gasteiger partial charge < -0.3 is 24.6 Å². The largest absolute Gasteiger partial charge is 0.503 e. The van der Waals surface area contributed by atoms with E-state index in [0.29, 0.717) is 32.0 Å². The number of nitrogens with one attached hydrogen (secondary N) is 1. The summed E-state index contributed by atoms with van der Waals surface area (Å²) in [6, 6.07) is 2.94. The normalized spacial score (nSPS) is 21.9. The van der Waals surface area contributed by atoms with Crippen molar-refractivity contribution in [1.29, 1.82) is 0 Å². The van der Waals surface area contributed by atoms with Crippen molar-refractivity contribution < 1.29 is 28.2 Å². The molecule has 0 atom stereocenters. The molecule has 1 fully saturated rings. The van der Waals surface area contributed by atoms with Gasteiger partial charge in [0.1, 0.15) is 17.2 Å². The Balaban J connectivity index is 1.70. The highest BCUT2D eigenvalue weighted by Gasteiger charge is 2.52. The summed E-state index contributed by atoms with van der Waals surface area (Å²) in [5, 5.41) is 13.0. The summed E-state index contributed by atoms with van der Waals surface area (Å²) in [6.45, 7) is 2.28. The van der Waals surface area contributed by atoms with Crippen LogP contribution in [-0.4, -0.2) is 52.7 Å². The van der Waals surface area contributed by atoms with Gasteiger partial charge in [0.15, 0.2) is 11.4 Å². The fourth-order valence-corrected chi connectivity index (χ4v) is 4.47. The van der Waals surface area contributed by atoms with Gasteiger partial charge >= 0.3 is 0 Å². The molecule has 1 aliphatic heterocycles. The molecule has 32 heavy (non-hydrogen) atoms. The Hall–Kier alpha value is -3.27. The second kappa shape index (κ2) is 8.01. The summed E-state index contributed by atoms with van der Waals surface area (Å²) in [6.07, 6.45) is 2.33. The number of carbonyl (C=O) groups is 2. The lowest BCUT2D eigenvalue weighted by molar-refractivity contribution is -0.0693. The monoisotopic (exact) mass is 447 g/mol. The lowest BCUT2D eigenvalue weighted by Crippen LogP contribution is -2.62. The Labute approximate surface area is 182 Å². The first-order chi connectivity index (χ1) is 15.2. The van der Waals surface area contributed by atoms with Crippen LogP contribution in [-0.2, 0) is 16.8 Å². The van der Waals surface area contributed by atoms with E-state index in [2.05, 4.69) is 5.32 Å². The maximum atomic E-state index is 13.9. The van der Waals surface area contributed by atoms with Gasteiger partial charge in [-0.2, -0.15) is 0 Å². The molecule has 0 radical (unpaired) electrons. The van der Waals surface area contributed by atoms with Crippen molar-refractivity contribution >= 4 is 11.8 Å². The Morgan fingerprint density at radius 2 is 2.03 bits per heavy atom. The molecule has 2 N–H and O–H groups in total. The average molecular weight is 447 g/mol. The van der Waals surface area contributed by atoms with Crippen LogP contribution in [0.2, 0.25) is 0 Å². The number of likely N-dealkylation sites (N-methyl/N-ethyl adjacent to an activating group) is 1. The molecule has 4 rings (SSSR count). The van der Waals surface area contributed by atoms with Crippen molar-refractivity contribution in [2.75, 3.05) is 20.2 Å². The molecule has 1 aliphatic carbocycles. The molecule has 170 valence electrons. The molecule has 0 unspecified atom stereocenters. The third-order valence-corrected chi connectivity index (χ3v) is 6.30. The van der Waals surface area contributed by atoms with Crippen LogP contribution in [0.1, 0.15) is 46.2 Å². The van der Waals surface area contributed by atoms with Gasteiger partial charge in [-0.25, -0.2) is 8.78 Å². The number of amides is 2. The van der Waals surface area contributed by atoms with E-state index < -0.39 is 40.2 Å². The second-order valence-corrected chi connectivity index (χ2v) is 8.17. The molecular formula is C22H23F2N3O5. The number of aromatic nitrogens is 1. The van der Waals surface area contributed by atoms with E-state index in [0.717, 1.165) is 6.07 Å². The SMILES string of the molecule is CCN1C[C@]2(C[C@@H](OC)C2)n2cc(C(=O)NCc3ccc(F)cc3F)c(=O)c(O)c2C1=O. The van der Waals surface area contributed by atoms with Crippen LogP contribution in [0.4, 0.5) is 8.78 Å². The van der Waals surface area contributed by atoms with Crippen molar-refractivity contribution in [1.82, 2.24) is 14.8 Å². The number of aromatic hydroxyl groups is 1. The fraction of sp³-hybridized carbons (Fsp3) is 0.409. The van der Waals surface area contributed by atoms with E-state index in [9.17, 15) is 28.3 Å². The highest BCUT2D eigenvalue weighted by Crippen LogP contribution is 2.45. The van der Waals surface area contributed by atoms with E-state index >= 15 is 0 Å². The number of fused-ring (bicyclic) bond motifs is 2. The Kier molecular flexibility index (Phi) is 5.49. The van der Waals surface area contributed by atoms with Gasteiger partial charge in [-0.3, -0.25) is 14.4 Å². The second-order valence-electron chi connectivity index (χ2n) is 8.17. The van der Waals surface area contributed by atoms with E-state index in [-0.39, 0.29) is 29.5 Å². The number of hydrogen-bond acceptors (Lipinski definition) is 5. The first kappa shape index (κ1) is 21.9. The number of ether oxygens (including phenoxy) is 1. The number of carbonyl (C=O) groups excluding carboxylic acids is 2. The van der Waals surface area contributed by atoms with Gasteiger partial charge in [0.05, 0.1) is 11.6 Å². The van der Waals surface area contributed by atoms with E-state index in [1.807, 2.05) is 0 Å². The molecular weight excluding hydrogens is 424 g/mol. The standard InChI is InChI=1S/C22H23F2N3O5/c1-3-26-11-22(7-14(8-22)32-2)27-10-15(18(28)19(29)17(27)21(26)31)20(30)25-9-12-4-5-13(23)6-16(12)24/h4-6,10,14,29H,3,7-9,11H2,1-2H3,(H,25,30)/t14-,22-. The van der Waals surface area contributed by atoms with Crippen molar-refractivity contribution in [2.45, 2.75) is 38.0 Å². The topological polar surface area (TPSA) is 101 Å². The molecule has 1 saturated carbocycles. The maximum absolute atomic E-state index is 13.9. The molecule has 2 aliphatic rings. The minimum Gasteiger partial charge on any atom is -0.503 e. The molecule has 8 nitrogen and oxygen atoms in total. The van der Waals surface area contributed by atoms with Crippen molar-refractivity contribution in [3.05, 3.63) is 63.1 Å². The van der Waals surface area contributed by atoms with E-state index in [4.69, 9.17) is 4.74 Å². The minimum absolute atomic E-state index is 0.0363. The summed E-state index contributed by atoms with van der Waals surface area (Å²) in [7, 11) is 1.58. The number of rotatable bonds is 5. The first-order valence-corrected chi connectivity index (χ1v) is 10.2. The van der Waals surface area contributed by atoms with Crippen molar-refractivity contribution in [3.63, 3.8) is 0 Å². The lowest BCUT2D eigenvalue weighted by atomic mass is 9.72. The zero-order valence-electron chi connectivity index (χ0n) is 17.7. The van der Waals surface area contributed by atoms with Crippen LogP contribution in [0.15, 0.2) is 29.2 Å². The zero-order valence-corrected chi connectivity index (χ0v) is 17.7. The van der Waals surface area contributed by atoms with Gasteiger partial charge in [0.2, 0.25) is 5.43 Å². The number of nitrogens with zero attached hydrogens (tertiary/aromatic N) is 2. The van der Waals surface area contributed by atoms with E-state index in [1.165, 1.54) is 16.8 Å². The van der Waals surface area contributed by atoms with Crippen molar-refractivity contribution in [3.8, 4) is 5.75 Å². The Bertz CT molecular complexity index is 1160. The van der Waals surface area contributed by atoms with Crippen LogP contribution in [0.3, 0.4) is 0 Å². The van der Waals surface area contributed by atoms with Crippen LogP contribution in [0.25, 0.3) is 0 Å².